The summed E-state index contributed by atoms with van der Waals surface area (Å²) in [5.74, 6) is 1.55. The van der Waals surface area contributed by atoms with E-state index in [1.54, 1.807) is 23.4 Å². The third-order valence-electron chi connectivity index (χ3n) is 4.50. The average molecular weight is 368 g/mol. The van der Waals surface area contributed by atoms with Crippen molar-refractivity contribution in [2.24, 2.45) is 0 Å². The molecule has 6 heteroatoms. The number of para-hydroxylation sites is 1. The standard InChI is InChI=1S/C20H20N2O3S/c1-24-15-10-8-14(9-11-15)22-19(23)17-6-2-3-7-18(17)21-20(22)26-13-16-5-4-12-25-16/h2-3,6-11,16H,4-5,12-13H2,1H3/t16-/m0/s1. The van der Waals surface area contributed by atoms with E-state index in [4.69, 9.17) is 14.5 Å². The van der Waals surface area contributed by atoms with E-state index in [2.05, 4.69) is 0 Å². The van der Waals surface area contributed by atoms with Crippen LogP contribution in [0.15, 0.2) is 58.5 Å². The summed E-state index contributed by atoms with van der Waals surface area (Å²) in [5.41, 5.74) is 1.44. The molecule has 2 heterocycles. The normalized spacial score (nSPS) is 16.9. The molecule has 1 atom stereocenters. The molecule has 3 aromatic rings. The Bertz CT molecular complexity index is 963. The molecule has 0 unspecified atom stereocenters. The molecule has 4 rings (SSSR count). The number of hydrogen-bond acceptors (Lipinski definition) is 5. The van der Waals surface area contributed by atoms with Crippen molar-refractivity contribution in [3.8, 4) is 11.4 Å². The number of hydrogen-bond donors (Lipinski definition) is 0. The van der Waals surface area contributed by atoms with Crippen LogP contribution in [0.1, 0.15) is 12.8 Å². The lowest BCUT2D eigenvalue weighted by molar-refractivity contribution is 0.129. The lowest BCUT2D eigenvalue weighted by atomic mass is 10.2. The fraction of sp³-hybridized carbons (Fsp3) is 0.300. The number of ether oxygens (including phenoxy) is 2. The van der Waals surface area contributed by atoms with E-state index >= 15 is 0 Å². The molecular formula is C20H20N2O3S. The third-order valence-corrected chi connectivity index (χ3v) is 5.57. The van der Waals surface area contributed by atoms with Gasteiger partial charge in [-0.25, -0.2) is 4.98 Å². The molecule has 1 aliphatic heterocycles. The number of nitrogens with zero attached hydrogens (tertiary/aromatic N) is 2. The Morgan fingerprint density at radius 3 is 2.77 bits per heavy atom. The van der Waals surface area contributed by atoms with Gasteiger partial charge in [0.2, 0.25) is 0 Å². The Kier molecular flexibility index (Phi) is 4.95. The van der Waals surface area contributed by atoms with Crippen LogP contribution in [0.3, 0.4) is 0 Å². The molecule has 1 aromatic heterocycles. The van der Waals surface area contributed by atoms with Crippen LogP contribution in [0, 0.1) is 0 Å². The number of benzene rings is 2. The first-order valence-corrected chi connectivity index (χ1v) is 9.65. The molecule has 1 fully saturated rings. The number of aromatic nitrogens is 2. The Morgan fingerprint density at radius 2 is 2.04 bits per heavy atom. The minimum absolute atomic E-state index is 0.0596. The monoisotopic (exact) mass is 368 g/mol. The summed E-state index contributed by atoms with van der Waals surface area (Å²) in [4.78, 5) is 17.9. The largest absolute Gasteiger partial charge is 0.497 e. The topological polar surface area (TPSA) is 53.4 Å². The fourth-order valence-corrected chi connectivity index (χ4v) is 4.19. The highest BCUT2D eigenvalue weighted by Gasteiger charge is 2.19. The number of thioether (sulfide) groups is 1. The summed E-state index contributed by atoms with van der Waals surface area (Å²) in [6.07, 6.45) is 2.39. The molecule has 0 aliphatic carbocycles. The molecule has 1 aliphatic rings. The van der Waals surface area contributed by atoms with Crippen molar-refractivity contribution in [3.05, 3.63) is 58.9 Å². The van der Waals surface area contributed by atoms with Gasteiger partial charge in [0.25, 0.3) is 5.56 Å². The summed E-state index contributed by atoms with van der Waals surface area (Å²) >= 11 is 1.57. The summed E-state index contributed by atoms with van der Waals surface area (Å²) in [6.45, 7) is 0.821. The van der Waals surface area contributed by atoms with Gasteiger partial charge in [0.1, 0.15) is 5.75 Å². The zero-order chi connectivity index (χ0) is 17.9. The molecule has 0 saturated carbocycles. The van der Waals surface area contributed by atoms with Crippen LogP contribution in [-0.4, -0.2) is 35.1 Å². The van der Waals surface area contributed by atoms with Gasteiger partial charge < -0.3 is 9.47 Å². The minimum Gasteiger partial charge on any atom is -0.497 e. The van der Waals surface area contributed by atoms with E-state index in [9.17, 15) is 4.79 Å². The maximum Gasteiger partial charge on any atom is 0.266 e. The molecule has 26 heavy (non-hydrogen) atoms. The minimum atomic E-state index is -0.0596. The lowest BCUT2D eigenvalue weighted by Gasteiger charge is -2.15. The highest BCUT2D eigenvalue weighted by molar-refractivity contribution is 7.99. The van der Waals surface area contributed by atoms with Gasteiger partial charge in [0, 0.05) is 12.4 Å². The van der Waals surface area contributed by atoms with Crippen molar-refractivity contribution >= 4 is 22.7 Å². The first-order chi connectivity index (χ1) is 12.8. The Balaban J connectivity index is 1.79. The molecule has 0 N–H and O–H groups in total. The van der Waals surface area contributed by atoms with Crippen LogP contribution in [-0.2, 0) is 4.74 Å². The van der Waals surface area contributed by atoms with Crippen LogP contribution in [0.25, 0.3) is 16.6 Å². The van der Waals surface area contributed by atoms with E-state index < -0.39 is 0 Å². The number of methoxy groups -OCH3 is 1. The Morgan fingerprint density at radius 1 is 1.23 bits per heavy atom. The smallest absolute Gasteiger partial charge is 0.266 e. The molecule has 0 radical (unpaired) electrons. The van der Waals surface area contributed by atoms with Crippen LogP contribution >= 0.6 is 11.8 Å². The van der Waals surface area contributed by atoms with E-state index in [1.165, 1.54) is 0 Å². The summed E-state index contributed by atoms with van der Waals surface area (Å²) in [5, 5.41) is 1.30. The molecule has 0 bridgehead atoms. The van der Waals surface area contributed by atoms with Gasteiger partial charge in [0.05, 0.1) is 29.8 Å². The zero-order valence-electron chi connectivity index (χ0n) is 14.6. The van der Waals surface area contributed by atoms with Crippen LogP contribution in [0.5, 0.6) is 5.75 Å². The van der Waals surface area contributed by atoms with Gasteiger partial charge in [-0.2, -0.15) is 0 Å². The van der Waals surface area contributed by atoms with Crippen LogP contribution < -0.4 is 10.3 Å². The second-order valence-corrected chi connectivity index (χ2v) is 7.18. The second kappa shape index (κ2) is 7.51. The predicted molar refractivity (Wildman–Crippen MR) is 104 cm³/mol. The summed E-state index contributed by atoms with van der Waals surface area (Å²) in [6, 6.07) is 14.9. The van der Waals surface area contributed by atoms with E-state index in [0.29, 0.717) is 10.5 Å². The number of rotatable bonds is 5. The quantitative estimate of drug-likeness (QED) is 0.508. The average Bonchev–Trinajstić information content (AvgIpc) is 3.20. The molecule has 1 saturated heterocycles. The third kappa shape index (κ3) is 3.34. The van der Waals surface area contributed by atoms with Gasteiger partial charge in [-0.05, 0) is 49.2 Å². The van der Waals surface area contributed by atoms with Gasteiger partial charge in [0.15, 0.2) is 5.16 Å². The molecular weight excluding hydrogens is 348 g/mol. The first-order valence-electron chi connectivity index (χ1n) is 8.67. The van der Waals surface area contributed by atoms with Crippen molar-refractivity contribution in [2.45, 2.75) is 24.1 Å². The predicted octanol–water partition coefficient (Wildman–Crippen LogP) is 3.67. The first kappa shape index (κ1) is 17.1. The van der Waals surface area contributed by atoms with Crippen molar-refractivity contribution in [1.82, 2.24) is 9.55 Å². The highest BCUT2D eigenvalue weighted by atomic mass is 32.2. The van der Waals surface area contributed by atoms with E-state index in [-0.39, 0.29) is 11.7 Å². The molecule has 0 amide bonds. The van der Waals surface area contributed by atoms with Crippen molar-refractivity contribution in [3.63, 3.8) is 0 Å². The van der Waals surface area contributed by atoms with Crippen LogP contribution in [0.2, 0.25) is 0 Å². The molecule has 134 valence electrons. The second-order valence-electron chi connectivity index (χ2n) is 6.20. The summed E-state index contributed by atoms with van der Waals surface area (Å²) in [7, 11) is 1.63. The fourth-order valence-electron chi connectivity index (χ4n) is 3.11. The highest BCUT2D eigenvalue weighted by Crippen LogP contribution is 2.26. The molecule has 5 nitrogen and oxygen atoms in total. The number of fused-ring (bicyclic) bond motifs is 1. The van der Waals surface area contributed by atoms with Gasteiger partial charge in [-0.3, -0.25) is 9.36 Å². The summed E-state index contributed by atoms with van der Waals surface area (Å²) < 4.78 is 12.6. The molecule has 0 spiro atoms. The Hall–Kier alpha value is -2.31. The van der Waals surface area contributed by atoms with Gasteiger partial charge in [-0.15, -0.1) is 0 Å². The SMILES string of the molecule is COc1ccc(-n2c(SC[C@@H]3CCCO3)nc3ccccc3c2=O)cc1. The van der Waals surface area contributed by atoms with Crippen molar-refractivity contribution in [2.75, 3.05) is 19.5 Å². The van der Waals surface area contributed by atoms with Gasteiger partial charge >= 0.3 is 0 Å². The maximum absolute atomic E-state index is 13.1. The van der Waals surface area contributed by atoms with Gasteiger partial charge in [-0.1, -0.05) is 23.9 Å². The maximum atomic E-state index is 13.1. The van der Waals surface area contributed by atoms with E-state index in [0.717, 1.165) is 42.2 Å². The van der Waals surface area contributed by atoms with Crippen LogP contribution in [0.4, 0.5) is 0 Å². The molecule has 2 aromatic carbocycles. The Labute approximate surface area is 156 Å². The van der Waals surface area contributed by atoms with Crippen molar-refractivity contribution < 1.29 is 9.47 Å². The van der Waals surface area contributed by atoms with E-state index in [1.807, 2.05) is 48.5 Å². The lowest BCUT2D eigenvalue weighted by Crippen LogP contribution is -2.22. The van der Waals surface area contributed by atoms with Crippen molar-refractivity contribution in [1.29, 1.82) is 0 Å². The zero-order valence-corrected chi connectivity index (χ0v) is 15.4.